The summed E-state index contributed by atoms with van der Waals surface area (Å²) in [5, 5.41) is 0. The van der Waals surface area contributed by atoms with Gasteiger partial charge in [-0.25, -0.2) is 0 Å². The van der Waals surface area contributed by atoms with Crippen LogP contribution in [0.1, 0.15) is 50.2 Å². The molecule has 0 spiro atoms. The van der Waals surface area contributed by atoms with Crippen LogP contribution >= 0.6 is 0 Å². The molecule has 0 fully saturated rings. The molecule has 0 saturated carbocycles. The molecule has 0 amide bonds. The molecule has 0 bridgehead atoms. The number of hydrogen-bond donors (Lipinski definition) is 0. The minimum absolute atomic E-state index is 0.0693. The summed E-state index contributed by atoms with van der Waals surface area (Å²) in [5.74, 6) is 1.50. The van der Waals surface area contributed by atoms with Crippen molar-refractivity contribution in [2.75, 3.05) is 0 Å². The van der Waals surface area contributed by atoms with Crippen LogP contribution in [-0.2, 0) is 6.54 Å². The van der Waals surface area contributed by atoms with Gasteiger partial charge in [-0.3, -0.25) is 0 Å². The molecule has 0 aliphatic carbocycles. The second kappa shape index (κ2) is 11.7. The van der Waals surface area contributed by atoms with Crippen LogP contribution in [0.2, 0.25) is 0 Å². The molecule has 0 atom stereocenters. The van der Waals surface area contributed by atoms with Crippen molar-refractivity contribution in [3.05, 3.63) is 89.2 Å². The first kappa shape index (κ1) is 26.1. The lowest BCUT2D eigenvalue weighted by Gasteiger charge is -2.09. The maximum absolute atomic E-state index is 13.4. The first-order chi connectivity index (χ1) is 16.6. The van der Waals surface area contributed by atoms with Crippen LogP contribution in [0.15, 0.2) is 66.7 Å². The minimum Gasteiger partial charge on any atom is -0.491 e. The fourth-order valence-corrected chi connectivity index (χ4v) is 3.45. The Kier molecular flexibility index (Phi) is 8.74. The number of aromatic nitrogens is 1. The quantitative estimate of drug-likeness (QED) is 0.296. The van der Waals surface area contributed by atoms with Gasteiger partial charge < -0.3 is 9.47 Å². The van der Waals surface area contributed by atoms with E-state index in [-0.39, 0.29) is 12.2 Å². The molecule has 1 aromatic heterocycles. The SMILES string of the molecule is CC(C)Oc1ccc(/C=C/c2cccc(/C=C/c3ccc(OC(C)C)cc3)[n+]2CC(F)(F)F)cc1. The van der Waals surface area contributed by atoms with Crippen LogP contribution < -0.4 is 14.0 Å². The first-order valence-corrected chi connectivity index (χ1v) is 11.6. The summed E-state index contributed by atoms with van der Waals surface area (Å²) >= 11 is 0. The lowest BCUT2D eigenvalue weighted by Crippen LogP contribution is -2.46. The predicted molar refractivity (Wildman–Crippen MR) is 135 cm³/mol. The molecule has 0 aliphatic heterocycles. The van der Waals surface area contributed by atoms with Gasteiger partial charge in [0.25, 0.3) is 0 Å². The zero-order chi connectivity index (χ0) is 25.4. The molecule has 35 heavy (non-hydrogen) atoms. The molecule has 3 aromatic rings. The zero-order valence-corrected chi connectivity index (χ0v) is 20.4. The number of halogens is 3. The Morgan fingerprint density at radius 2 is 1.06 bits per heavy atom. The van der Waals surface area contributed by atoms with Gasteiger partial charge in [0.2, 0.25) is 17.9 Å². The van der Waals surface area contributed by atoms with Gasteiger partial charge in [0, 0.05) is 24.3 Å². The fourth-order valence-electron chi connectivity index (χ4n) is 3.45. The highest BCUT2D eigenvalue weighted by molar-refractivity contribution is 5.69. The predicted octanol–water partition coefficient (Wildman–Crippen LogP) is 7.45. The van der Waals surface area contributed by atoms with Crippen molar-refractivity contribution in [2.45, 2.75) is 52.6 Å². The third-order valence-corrected chi connectivity index (χ3v) is 4.89. The number of nitrogens with zero attached hydrogens (tertiary/aromatic N) is 1. The van der Waals surface area contributed by atoms with E-state index in [1.165, 1.54) is 4.57 Å². The van der Waals surface area contributed by atoms with Crippen LogP contribution in [0.5, 0.6) is 11.5 Å². The van der Waals surface area contributed by atoms with E-state index in [9.17, 15) is 13.2 Å². The van der Waals surface area contributed by atoms with Crippen LogP contribution in [0.4, 0.5) is 13.2 Å². The lowest BCUT2D eigenvalue weighted by atomic mass is 10.1. The monoisotopic (exact) mass is 482 g/mol. The Morgan fingerprint density at radius 1 is 0.657 bits per heavy atom. The van der Waals surface area contributed by atoms with Crippen LogP contribution in [-0.4, -0.2) is 18.4 Å². The number of pyridine rings is 1. The van der Waals surface area contributed by atoms with Crippen molar-refractivity contribution >= 4 is 24.3 Å². The van der Waals surface area contributed by atoms with E-state index in [4.69, 9.17) is 9.47 Å². The summed E-state index contributed by atoms with van der Waals surface area (Å²) in [6, 6.07) is 20.0. The number of ether oxygens (including phenoxy) is 2. The molecule has 3 rings (SSSR count). The highest BCUT2D eigenvalue weighted by Crippen LogP contribution is 2.19. The third kappa shape index (κ3) is 8.63. The largest absolute Gasteiger partial charge is 0.491 e. The van der Waals surface area contributed by atoms with E-state index < -0.39 is 12.7 Å². The van der Waals surface area contributed by atoms with Gasteiger partial charge in [0.15, 0.2) is 0 Å². The van der Waals surface area contributed by atoms with E-state index in [2.05, 4.69) is 0 Å². The average molecular weight is 483 g/mol. The Morgan fingerprint density at radius 3 is 1.40 bits per heavy atom. The molecule has 3 nitrogen and oxygen atoms in total. The van der Waals surface area contributed by atoms with Crippen LogP contribution in [0, 0.1) is 0 Å². The third-order valence-electron chi connectivity index (χ3n) is 4.89. The van der Waals surface area contributed by atoms with E-state index in [0.29, 0.717) is 11.4 Å². The lowest BCUT2D eigenvalue weighted by molar-refractivity contribution is -0.722. The second-order valence-electron chi connectivity index (χ2n) is 8.71. The van der Waals surface area contributed by atoms with Crippen molar-refractivity contribution in [2.24, 2.45) is 0 Å². The Labute approximate surface area is 205 Å². The van der Waals surface area contributed by atoms with Crippen molar-refractivity contribution in [3.8, 4) is 11.5 Å². The Hall–Kier alpha value is -3.54. The topological polar surface area (TPSA) is 22.3 Å². The maximum Gasteiger partial charge on any atom is 0.448 e. The standard InChI is InChI=1S/C29H31F3NO2/c1-21(2)34-27-16-10-23(11-17-27)8-14-25-6-5-7-26(33(25)20-29(30,31)32)15-9-24-12-18-28(19-13-24)35-22(3)4/h5-19,21-22H,20H2,1-4H3/q+1/b14-8+,15-9+. The number of benzene rings is 2. The van der Waals surface area contributed by atoms with Crippen molar-refractivity contribution in [1.82, 2.24) is 0 Å². The molecule has 1 heterocycles. The molecule has 0 N–H and O–H groups in total. The van der Waals surface area contributed by atoms with Crippen molar-refractivity contribution in [1.29, 1.82) is 0 Å². The number of hydrogen-bond acceptors (Lipinski definition) is 2. The summed E-state index contributed by atoms with van der Waals surface area (Å²) in [6.45, 7) is 6.71. The first-order valence-electron chi connectivity index (χ1n) is 11.6. The molecule has 0 saturated heterocycles. The number of rotatable bonds is 9. The molecular weight excluding hydrogens is 451 g/mol. The smallest absolute Gasteiger partial charge is 0.448 e. The molecule has 0 aliphatic rings. The van der Waals surface area contributed by atoms with Crippen molar-refractivity contribution in [3.63, 3.8) is 0 Å². The molecule has 0 unspecified atom stereocenters. The summed E-state index contributed by atoms with van der Waals surface area (Å²) < 4.78 is 52.8. The number of alkyl halides is 3. The second-order valence-corrected chi connectivity index (χ2v) is 8.71. The van der Waals surface area contributed by atoms with Gasteiger partial charge in [-0.1, -0.05) is 24.3 Å². The van der Waals surface area contributed by atoms with Crippen LogP contribution in [0.25, 0.3) is 24.3 Å². The van der Waals surface area contributed by atoms with E-state index >= 15 is 0 Å². The van der Waals surface area contributed by atoms with Crippen LogP contribution in [0.3, 0.4) is 0 Å². The molecule has 0 radical (unpaired) electrons. The zero-order valence-electron chi connectivity index (χ0n) is 20.4. The van der Waals surface area contributed by atoms with Gasteiger partial charge in [0.05, 0.1) is 12.2 Å². The molecule has 6 heteroatoms. The summed E-state index contributed by atoms with van der Waals surface area (Å²) in [5.41, 5.74) is 2.63. The van der Waals surface area contributed by atoms with E-state index in [0.717, 1.165) is 22.6 Å². The fraction of sp³-hybridized carbons (Fsp3) is 0.276. The highest BCUT2D eigenvalue weighted by Gasteiger charge is 2.35. The summed E-state index contributed by atoms with van der Waals surface area (Å²) in [7, 11) is 0. The van der Waals surface area contributed by atoms with Gasteiger partial charge in [0.1, 0.15) is 11.5 Å². The average Bonchev–Trinajstić information content (AvgIpc) is 2.77. The van der Waals surface area contributed by atoms with Gasteiger partial charge >= 0.3 is 6.18 Å². The molecule has 184 valence electrons. The van der Waals surface area contributed by atoms with Gasteiger partial charge in [-0.2, -0.15) is 17.7 Å². The highest BCUT2D eigenvalue weighted by atomic mass is 19.4. The maximum atomic E-state index is 13.4. The van der Waals surface area contributed by atoms with E-state index in [1.807, 2.05) is 76.2 Å². The molecular formula is C29H31F3NO2+. The Balaban J connectivity index is 1.86. The molecule has 2 aromatic carbocycles. The van der Waals surface area contributed by atoms with Crippen molar-refractivity contribution < 1.29 is 27.2 Å². The summed E-state index contributed by atoms with van der Waals surface area (Å²) in [6.07, 6.45) is 2.76. The normalized spacial score (nSPS) is 12.3. The van der Waals surface area contributed by atoms with Gasteiger partial charge in [-0.15, -0.1) is 0 Å². The summed E-state index contributed by atoms with van der Waals surface area (Å²) in [4.78, 5) is 0. The minimum atomic E-state index is -4.36. The van der Waals surface area contributed by atoms with Gasteiger partial charge in [-0.05, 0) is 81.3 Å². The Bertz CT molecular complexity index is 1060. The van der Waals surface area contributed by atoms with E-state index in [1.54, 1.807) is 42.5 Å².